The van der Waals surface area contributed by atoms with Crippen molar-refractivity contribution in [3.05, 3.63) is 47.0 Å². The average Bonchev–Trinajstić information content (AvgIpc) is 2.34. The van der Waals surface area contributed by atoms with E-state index in [1.54, 1.807) is 6.07 Å². The SMILES string of the molecule is CCCNCC/C=C(/C)Cc1ccc(F)c(F)c1. The second-order valence-corrected chi connectivity index (χ2v) is 4.51. The van der Waals surface area contributed by atoms with Gasteiger partial charge in [0.1, 0.15) is 0 Å². The van der Waals surface area contributed by atoms with E-state index >= 15 is 0 Å². The van der Waals surface area contributed by atoms with E-state index < -0.39 is 11.6 Å². The van der Waals surface area contributed by atoms with Crippen LogP contribution in [0.1, 0.15) is 32.3 Å². The summed E-state index contributed by atoms with van der Waals surface area (Å²) in [6.07, 6.45) is 4.92. The van der Waals surface area contributed by atoms with Gasteiger partial charge >= 0.3 is 0 Å². The number of rotatable bonds is 7. The van der Waals surface area contributed by atoms with E-state index in [0.29, 0.717) is 6.42 Å². The summed E-state index contributed by atoms with van der Waals surface area (Å²) in [6.45, 7) is 6.15. The van der Waals surface area contributed by atoms with Crippen molar-refractivity contribution in [1.82, 2.24) is 5.32 Å². The normalized spacial score (nSPS) is 11.9. The fraction of sp³-hybridized carbons (Fsp3) is 0.467. The first-order chi connectivity index (χ1) is 8.63. The van der Waals surface area contributed by atoms with Crippen molar-refractivity contribution in [3.8, 4) is 0 Å². The van der Waals surface area contributed by atoms with E-state index in [9.17, 15) is 8.78 Å². The van der Waals surface area contributed by atoms with E-state index in [0.717, 1.165) is 31.5 Å². The molecule has 1 nitrogen and oxygen atoms in total. The zero-order chi connectivity index (χ0) is 13.4. The molecular weight excluding hydrogens is 232 g/mol. The van der Waals surface area contributed by atoms with Crippen molar-refractivity contribution in [2.24, 2.45) is 0 Å². The highest BCUT2D eigenvalue weighted by Gasteiger charge is 2.02. The van der Waals surface area contributed by atoms with Gasteiger partial charge in [-0.1, -0.05) is 24.6 Å². The van der Waals surface area contributed by atoms with Crippen LogP contribution in [0.15, 0.2) is 29.8 Å². The number of hydrogen-bond donors (Lipinski definition) is 1. The predicted octanol–water partition coefficient (Wildman–Crippen LogP) is 3.84. The Labute approximate surface area is 108 Å². The molecule has 3 heteroatoms. The molecule has 0 spiro atoms. The summed E-state index contributed by atoms with van der Waals surface area (Å²) < 4.78 is 25.8. The molecular formula is C15H21F2N. The van der Waals surface area contributed by atoms with E-state index in [1.807, 2.05) is 6.92 Å². The fourth-order valence-electron chi connectivity index (χ4n) is 1.77. The largest absolute Gasteiger partial charge is 0.316 e. The Morgan fingerprint density at radius 1 is 1.22 bits per heavy atom. The topological polar surface area (TPSA) is 12.0 Å². The molecule has 0 saturated heterocycles. The van der Waals surface area contributed by atoms with Crippen LogP contribution in [0.2, 0.25) is 0 Å². The Morgan fingerprint density at radius 2 is 2.00 bits per heavy atom. The first-order valence-electron chi connectivity index (χ1n) is 6.43. The third kappa shape index (κ3) is 5.41. The van der Waals surface area contributed by atoms with Gasteiger partial charge in [0.15, 0.2) is 11.6 Å². The highest BCUT2D eigenvalue weighted by Crippen LogP contribution is 2.12. The van der Waals surface area contributed by atoms with Crippen molar-refractivity contribution < 1.29 is 8.78 Å². The molecule has 0 radical (unpaired) electrons. The summed E-state index contributed by atoms with van der Waals surface area (Å²) >= 11 is 0. The van der Waals surface area contributed by atoms with Gasteiger partial charge in [0.25, 0.3) is 0 Å². The molecule has 1 aromatic rings. The van der Waals surface area contributed by atoms with E-state index in [1.165, 1.54) is 17.7 Å². The van der Waals surface area contributed by atoms with Crippen molar-refractivity contribution in [3.63, 3.8) is 0 Å². The predicted molar refractivity (Wildman–Crippen MR) is 71.6 cm³/mol. The van der Waals surface area contributed by atoms with Crippen LogP contribution < -0.4 is 5.32 Å². The number of hydrogen-bond acceptors (Lipinski definition) is 1. The van der Waals surface area contributed by atoms with Crippen molar-refractivity contribution >= 4 is 0 Å². The van der Waals surface area contributed by atoms with Crippen LogP contribution in [0.25, 0.3) is 0 Å². The van der Waals surface area contributed by atoms with Crippen LogP contribution in [0, 0.1) is 11.6 Å². The minimum atomic E-state index is -0.788. The minimum absolute atomic E-state index is 0.672. The lowest BCUT2D eigenvalue weighted by Gasteiger charge is -2.04. The van der Waals surface area contributed by atoms with Crippen molar-refractivity contribution in [2.45, 2.75) is 33.1 Å². The van der Waals surface area contributed by atoms with Gasteiger partial charge in [0.2, 0.25) is 0 Å². The highest BCUT2D eigenvalue weighted by atomic mass is 19.2. The fourth-order valence-corrected chi connectivity index (χ4v) is 1.77. The highest BCUT2D eigenvalue weighted by molar-refractivity contribution is 5.22. The molecule has 1 N–H and O–H groups in total. The molecule has 0 aliphatic rings. The Bertz CT molecular complexity index is 399. The average molecular weight is 253 g/mol. The standard InChI is InChI=1S/C15H21F2N/c1-3-8-18-9-4-5-12(2)10-13-6-7-14(16)15(17)11-13/h5-7,11,18H,3-4,8-10H2,1-2H3/b12-5-. The first-order valence-corrected chi connectivity index (χ1v) is 6.43. The van der Waals surface area contributed by atoms with Crippen LogP contribution in [-0.2, 0) is 6.42 Å². The van der Waals surface area contributed by atoms with E-state index in [-0.39, 0.29) is 0 Å². The zero-order valence-corrected chi connectivity index (χ0v) is 11.1. The zero-order valence-electron chi connectivity index (χ0n) is 11.1. The van der Waals surface area contributed by atoms with Gasteiger partial charge in [0, 0.05) is 0 Å². The van der Waals surface area contributed by atoms with Crippen molar-refractivity contribution in [2.75, 3.05) is 13.1 Å². The molecule has 0 aliphatic heterocycles. The second kappa shape index (κ2) is 7.98. The Balaban J connectivity index is 2.40. The number of allylic oxidation sites excluding steroid dienone is 1. The van der Waals surface area contributed by atoms with Crippen LogP contribution in [-0.4, -0.2) is 13.1 Å². The first kappa shape index (κ1) is 14.8. The van der Waals surface area contributed by atoms with Crippen LogP contribution >= 0.6 is 0 Å². The summed E-state index contributed by atoms with van der Waals surface area (Å²) in [5.74, 6) is -1.56. The molecule has 0 bridgehead atoms. The molecule has 0 unspecified atom stereocenters. The van der Waals surface area contributed by atoms with Gasteiger partial charge in [-0.15, -0.1) is 0 Å². The molecule has 0 aromatic heterocycles. The lowest BCUT2D eigenvalue weighted by molar-refractivity contribution is 0.507. The molecule has 1 aromatic carbocycles. The number of halogens is 2. The molecule has 18 heavy (non-hydrogen) atoms. The summed E-state index contributed by atoms with van der Waals surface area (Å²) in [6, 6.07) is 4.08. The summed E-state index contributed by atoms with van der Waals surface area (Å²) in [5.41, 5.74) is 1.99. The Kier molecular flexibility index (Phi) is 6.58. The van der Waals surface area contributed by atoms with Crippen LogP contribution in [0.3, 0.4) is 0 Å². The minimum Gasteiger partial charge on any atom is -0.316 e. The van der Waals surface area contributed by atoms with Gasteiger partial charge in [-0.3, -0.25) is 0 Å². The number of benzene rings is 1. The van der Waals surface area contributed by atoms with Crippen LogP contribution in [0.4, 0.5) is 8.78 Å². The molecule has 0 heterocycles. The van der Waals surface area contributed by atoms with Gasteiger partial charge in [-0.2, -0.15) is 0 Å². The molecule has 0 saturated carbocycles. The van der Waals surface area contributed by atoms with Gasteiger partial charge in [0.05, 0.1) is 0 Å². The second-order valence-electron chi connectivity index (χ2n) is 4.51. The van der Waals surface area contributed by atoms with Crippen molar-refractivity contribution in [1.29, 1.82) is 0 Å². The molecule has 0 fully saturated rings. The molecule has 0 amide bonds. The lowest BCUT2D eigenvalue weighted by Crippen LogP contribution is -2.15. The van der Waals surface area contributed by atoms with Gasteiger partial charge < -0.3 is 5.32 Å². The Morgan fingerprint density at radius 3 is 2.67 bits per heavy atom. The third-order valence-corrected chi connectivity index (χ3v) is 2.71. The molecule has 0 atom stereocenters. The lowest BCUT2D eigenvalue weighted by atomic mass is 10.1. The summed E-state index contributed by atoms with van der Waals surface area (Å²) in [7, 11) is 0. The maximum absolute atomic E-state index is 13.0. The van der Waals surface area contributed by atoms with Gasteiger partial charge in [-0.25, -0.2) is 8.78 Å². The molecule has 1 rings (SSSR count). The van der Waals surface area contributed by atoms with Gasteiger partial charge in [-0.05, 0) is 57.0 Å². The third-order valence-electron chi connectivity index (χ3n) is 2.71. The van der Waals surface area contributed by atoms with Crippen LogP contribution in [0.5, 0.6) is 0 Å². The maximum atomic E-state index is 13.0. The smallest absolute Gasteiger partial charge is 0.159 e. The molecule has 0 aliphatic carbocycles. The number of nitrogens with one attached hydrogen (secondary N) is 1. The monoisotopic (exact) mass is 253 g/mol. The maximum Gasteiger partial charge on any atom is 0.159 e. The Hall–Kier alpha value is -1.22. The summed E-state index contributed by atoms with van der Waals surface area (Å²) in [5, 5.41) is 3.32. The van der Waals surface area contributed by atoms with E-state index in [2.05, 4.69) is 18.3 Å². The summed E-state index contributed by atoms with van der Waals surface area (Å²) in [4.78, 5) is 0. The molecule has 100 valence electrons. The van der Waals surface area contributed by atoms with E-state index in [4.69, 9.17) is 0 Å². The quantitative estimate of drug-likeness (QED) is 0.575.